The molecular formula is C24H25FN6O4S. The molecule has 10 nitrogen and oxygen atoms in total. The number of pyridine rings is 1. The molecule has 36 heavy (non-hydrogen) atoms. The van der Waals surface area contributed by atoms with Crippen LogP contribution in [-0.2, 0) is 30.2 Å². The van der Waals surface area contributed by atoms with Crippen molar-refractivity contribution in [2.75, 3.05) is 6.67 Å². The molecule has 0 bridgehead atoms. The average molecular weight is 513 g/mol. The summed E-state index contributed by atoms with van der Waals surface area (Å²) in [6, 6.07) is 7.68. The molecule has 4 aromatic rings. The number of sulfonamides is 1. The largest absolute Gasteiger partial charge is 0.332 e. The van der Waals surface area contributed by atoms with Crippen molar-refractivity contribution in [2.45, 2.75) is 43.3 Å². The summed E-state index contributed by atoms with van der Waals surface area (Å²) < 4.78 is 45.8. The highest BCUT2D eigenvalue weighted by Crippen LogP contribution is 2.37. The van der Waals surface area contributed by atoms with Crippen molar-refractivity contribution in [3.05, 3.63) is 86.6 Å². The number of nitrogens with zero attached hydrogens (tertiary/aromatic N) is 5. The normalized spacial score (nSPS) is 14.9. The molecule has 12 heteroatoms. The van der Waals surface area contributed by atoms with Crippen molar-refractivity contribution in [2.24, 2.45) is 7.05 Å². The molecule has 0 atom stereocenters. The molecule has 1 aliphatic carbocycles. The van der Waals surface area contributed by atoms with Gasteiger partial charge in [-0.3, -0.25) is 23.6 Å². The fraction of sp³-hybridized carbons (Fsp3) is 0.333. The average Bonchev–Trinajstić information content (AvgIpc) is 3.50. The van der Waals surface area contributed by atoms with E-state index in [9.17, 15) is 22.4 Å². The van der Waals surface area contributed by atoms with Gasteiger partial charge in [0.05, 0.1) is 40.6 Å². The van der Waals surface area contributed by atoms with Crippen LogP contribution in [0.15, 0.2) is 63.4 Å². The summed E-state index contributed by atoms with van der Waals surface area (Å²) in [5.74, 6) is 0. The van der Waals surface area contributed by atoms with E-state index in [0.29, 0.717) is 23.9 Å². The maximum atomic E-state index is 13.5. The molecule has 0 spiro atoms. The van der Waals surface area contributed by atoms with Gasteiger partial charge in [-0.05, 0) is 49.6 Å². The second kappa shape index (κ2) is 8.79. The van der Waals surface area contributed by atoms with Gasteiger partial charge in [-0.25, -0.2) is 22.3 Å². The Morgan fingerprint density at radius 2 is 1.81 bits per heavy atom. The van der Waals surface area contributed by atoms with Crippen LogP contribution in [-0.4, -0.2) is 44.5 Å². The van der Waals surface area contributed by atoms with Crippen LogP contribution in [0, 0.1) is 6.92 Å². The summed E-state index contributed by atoms with van der Waals surface area (Å²) >= 11 is 0. The fourth-order valence-electron chi connectivity index (χ4n) is 4.13. The third kappa shape index (κ3) is 4.49. The Morgan fingerprint density at radius 3 is 2.42 bits per heavy atom. The van der Waals surface area contributed by atoms with Crippen LogP contribution in [0.2, 0.25) is 0 Å². The molecule has 0 radical (unpaired) electrons. The lowest BCUT2D eigenvalue weighted by molar-refractivity contribution is 0.393. The van der Waals surface area contributed by atoms with Gasteiger partial charge in [0.2, 0.25) is 10.0 Å². The monoisotopic (exact) mass is 512 g/mol. The number of nitrogens with one attached hydrogen (secondary N) is 1. The van der Waals surface area contributed by atoms with Gasteiger partial charge in [-0.15, -0.1) is 0 Å². The number of aryl methyl sites for hydroxylation is 2. The Bertz CT molecular complexity index is 1680. The van der Waals surface area contributed by atoms with E-state index in [1.54, 1.807) is 30.3 Å². The van der Waals surface area contributed by atoms with Gasteiger partial charge in [0.1, 0.15) is 6.67 Å². The topological polar surface area (TPSA) is 121 Å². The Kier molecular flexibility index (Phi) is 5.87. The third-order valence-corrected chi connectivity index (χ3v) is 7.96. The quantitative estimate of drug-likeness (QED) is 0.382. The van der Waals surface area contributed by atoms with E-state index < -0.39 is 33.5 Å². The molecule has 1 saturated carbocycles. The minimum atomic E-state index is -4.08. The molecule has 0 amide bonds. The lowest BCUT2D eigenvalue weighted by Gasteiger charge is -2.16. The molecule has 1 N–H and O–H groups in total. The van der Waals surface area contributed by atoms with Crippen molar-refractivity contribution in [1.82, 2.24) is 28.6 Å². The SMILES string of the molecule is Cc1ccc(Cn2c(=O)n(Cc3cnn(C)c3)c(=O)c3cc(S(=O)(=O)NC4(CF)CC4)ccc32)cn1. The van der Waals surface area contributed by atoms with Crippen molar-refractivity contribution in [1.29, 1.82) is 0 Å². The smallest absolute Gasteiger partial charge is 0.289 e. The predicted octanol–water partition coefficient (Wildman–Crippen LogP) is 1.48. The van der Waals surface area contributed by atoms with E-state index in [4.69, 9.17) is 0 Å². The highest BCUT2D eigenvalue weighted by Gasteiger charge is 2.46. The third-order valence-electron chi connectivity index (χ3n) is 6.38. The van der Waals surface area contributed by atoms with Crippen LogP contribution in [0.1, 0.15) is 29.7 Å². The van der Waals surface area contributed by atoms with Crippen LogP contribution in [0.4, 0.5) is 4.39 Å². The summed E-state index contributed by atoms with van der Waals surface area (Å²) in [5, 5.41) is 4.15. The van der Waals surface area contributed by atoms with E-state index in [1.807, 2.05) is 19.1 Å². The number of aromatic nitrogens is 5. The molecule has 0 aliphatic heterocycles. The second-order valence-electron chi connectivity index (χ2n) is 9.29. The summed E-state index contributed by atoms with van der Waals surface area (Å²) in [6.07, 6.45) is 5.73. The molecule has 0 unspecified atom stereocenters. The summed E-state index contributed by atoms with van der Waals surface area (Å²) in [4.78, 5) is 31.1. The van der Waals surface area contributed by atoms with Crippen LogP contribution in [0.3, 0.4) is 0 Å². The van der Waals surface area contributed by atoms with Crippen molar-refractivity contribution >= 4 is 20.9 Å². The second-order valence-corrected chi connectivity index (χ2v) is 11.0. The van der Waals surface area contributed by atoms with Crippen LogP contribution in [0.25, 0.3) is 10.9 Å². The molecule has 5 rings (SSSR count). The van der Waals surface area contributed by atoms with E-state index in [1.165, 1.54) is 22.8 Å². The van der Waals surface area contributed by atoms with E-state index >= 15 is 0 Å². The Balaban J connectivity index is 1.67. The predicted molar refractivity (Wildman–Crippen MR) is 131 cm³/mol. The molecular weight excluding hydrogens is 487 g/mol. The van der Waals surface area contributed by atoms with Gasteiger partial charge in [-0.2, -0.15) is 5.10 Å². The summed E-state index contributed by atoms with van der Waals surface area (Å²) in [7, 11) is -2.35. The van der Waals surface area contributed by atoms with Crippen LogP contribution >= 0.6 is 0 Å². The number of alkyl halides is 1. The molecule has 188 valence electrons. The maximum Gasteiger partial charge on any atom is 0.332 e. The van der Waals surface area contributed by atoms with E-state index in [-0.39, 0.29) is 23.4 Å². The van der Waals surface area contributed by atoms with Gasteiger partial charge in [0.15, 0.2) is 0 Å². The van der Waals surface area contributed by atoms with Gasteiger partial charge < -0.3 is 0 Å². The van der Waals surface area contributed by atoms with Crippen molar-refractivity contribution in [3.63, 3.8) is 0 Å². The minimum Gasteiger partial charge on any atom is -0.289 e. The van der Waals surface area contributed by atoms with Gasteiger partial charge >= 0.3 is 5.69 Å². The molecule has 1 aliphatic rings. The fourth-order valence-corrected chi connectivity index (χ4v) is 5.60. The number of rotatable bonds is 8. The van der Waals surface area contributed by atoms with Crippen molar-refractivity contribution in [3.8, 4) is 0 Å². The highest BCUT2D eigenvalue weighted by molar-refractivity contribution is 7.89. The van der Waals surface area contributed by atoms with Crippen molar-refractivity contribution < 1.29 is 12.8 Å². The summed E-state index contributed by atoms with van der Waals surface area (Å²) in [5.41, 5.74) is 0.253. The standard InChI is InChI=1S/C24H25FN6O4S/c1-16-3-4-17(10-26-16)13-30-21-6-5-19(36(34,35)28-24(15-25)7-8-24)9-20(21)22(32)31(23(30)33)14-18-11-27-29(2)12-18/h3-6,9-12,28H,7-8,13-15H2,1-2H3. The number of fused-ring (bicyclic) bond motifs is 1. The number of halogens is 1. The maximum absolute atomic E-state index is 13.5. The first-order valence-electron chi connectivity index (χ1n) is 11.4. The minimum absolute atomic E-state index is 0.0339. The molecule has 0 saturated heterocycles. The molecule has 3 aromatic heterocycles. The lowest BCUT2D eigenvalue weighted by Crippen LogP contribution is -2.41. The first-order valence-corrected chi connectivity index (χ1v) is 12.9. The van der Waals surface area contributed by atoms with Crippen LogP contribution < -0.4 is 16.0 Å². The summed E-state index contributed by atoms with van der Waals surface area (Å²) in [6.45, 7) is 1.14. The molecule has 1 aromatic carbocycles. The van der Waals surface area contributed by atoms with Crippen LogP contribution in [0.5, 0.6) is 0 Å². The zero-order valence-electron chi connectivity index (χ0n) is 19.8. The Hall–Kier alpha value is -3.64. The molecule has 1 fully saturated rings. The number of hydrogen-bond donors (Lipinski definition) is 1. The number of hydrogen-bond acceptors (Lipinski definition) is 6. The van der Waals surface area contributed by atoms with E-state index in [2.05, 4.69) is 14.8 Å². The highest BCUT2D eigenvalue weighted by atomic mass is 32.2. The van der Waals surface area contributed by atoms with Gasteiger partial charge in [0, 0.05) is 30.7 Å². The Morgan fingerprint density at radius 1 is 1.06 bits per heavy atom. The zero-order chi connectivity index (χ0) is 25.7. The zero-order valence-corrected chi connectivity index (χ0v) is 20.6. The lowest BCUT2D eigenvalue weighted by atomic mass is 10.2. The molecule has 3 heterocycles. The van der Waals surface area contributed by atoms with Gasteiger partial charge in [-0.1, -0.05) is 6.07 Å². The number of benzene rings is 1. The first kappa shape index (κ1) is 24.1. The first-order chi connectivity index (χ1) is 17.1. The van der Waals surface area contributed by atoms with Gasteiger partial charge in [0.25, 0.3) is 5.56 Å². The van der Waals surface area contributed by atoms with E-state index in [0.717, 1.165) is 15.8 Å². The Labute approximate surface area is 206 Å².